The Morgan fingerprint density at radius 1 is 1.16 bits per heavy atom. The lowest BCUT2D eigenvalue weighted by molar-refractivity contribution is 0.102. The molecule has 8 nitrogen and oxygen atoms in total. The van der Waals surface area contributed by atoms with E-state index in [9.17, 15) is 9.59 Å². The van der Waals surface area contributed by atoms with Crippen LogP contribution in [0.2, 0.25) is 10.0 Å². The fourth-order valence-corrected chi connectivity index (χ4v) is 3.30. The lowest BCUT2D eigenvalue weighted by Gasteiger charge is -2.13. The van der Waals surface area contributed by atoms with Gasteiger partial charge in [-0.05, 0) is 30.7 Å². The molecule has 0 saturated heterocycles. The second-order valence-corrected chi connectivity index (χ2v) is 7.37. The van der Waals surface area contributed by atoms with Gasteiger partial charge >= 0.3 is 5.76 Å². The average Bonchev–Trinajstić information content (AvgIpc) is 3.32. The van der Waals surface area contributed by atoms with Crippen molar-refractivity contribution < 1.29 is 13.9 Å². The van der Waals surface area contributed by atoms with Crippen LogP contribution in [0.5, 0.6) is 5.75 Å². The number of aryl methyl sites for hydroxylation is 1. The normalized spacial score (nSPS) is 10.8. The van der Waals surface area contributed by atoms with Crippen molar-refractivity contribution in [2.75, 3.05) is 5.32 Å². The number of aromatic amines is 2. The summed E-state index contributed by atoms with van der Waals surface area (Å²) in [5.74, 6) is -0.704. The van der Waals surface area contributed by atoms with Gasteiger partial charge in [-0.2, -0.15) is 0 Å². The minimum atomic E-state index is -0.673. The Hall–Kier alpha value is -3.49. The zero-order valence-electron chi connectivity index (χ0n) is 16.2. The summed E-state index contributed by atoms with van der Waals surface area (Å²) in [7, 11) is 0. The van der Waals surface area contributed by atoms with E-state index in [2.05, 4.69) is 20.5 Å². The smallest absolute Gasteiger partial charge is 0.434 e. The first-order valence-electron chi connectivity index (χ1n) is 9.14. The van der Waals surface area contributed by atoms with E-state index in [1.807, 2.05) is 30.3 Å². The van der Waals surface area contributed by atoms with Crippen LogP contribution in [0.3, 0.4) is 0 Å². The Labute approximate surface area is 186 Å². The Kier molecular flexibility index (Phi) is 5.83. The van der Waals surface area contributed by atoms with Crippen LogP contribution in [0.4, 0.5) is 5.69 Å². The molecule has 31 heavy (non-hydrogen) atoms. The number of amides is 1. The number of halogens is 2. The molecule has 0 unspecified atom stereocenters. The molecule has 4 aromatic rings. The first kappa shape index (κ1) is 20.8. The summed E-state index contributed by atoms with van der Waals surface area (Å²) < 4.78 is 11.0. The molecule has 2 aromatic carbocycles. The van der Waals surface area contributed by atoms with E-state index in [0.29, 0.717) is 22.7 Å². The van der Waals surface area contributed by atoms with Crippen molar-refractivity contribution in [3.63, 3.8) is 0 Å². The molecule has 2 aromatic heterocycles. The van der Waals surface area contributed by atoms with E-state index in [4.69, 9.17) is 32.4 Å². The van der Waals surface area contributed by atoms with E-state index >= 15 is 0 Å². The van der Waals surface area contributed by atoms with E-state index in [1.54, 1.807) is 25.1 Å². The van der Waals surface area contributed by atoms with Gasteiger partial charge in [-0.1, -0.05) is 53.5 Å². The Balaban J connectivity index is 1.65. The molecular weight excluding hydrogens is 443 g/mol. The van der Waals surface area contributed by atoms with Crippen LogP contribution in [-0.2, 0) is 6.61 Å². The summed E-state index contributed by atoms with van der Waals surface area (Å²) in [4.78, 5) is 26.9. The second-order valence-electron chi connectivity index (χ2n) is 6.61. The highest BCUT2D eigenvalue weighted by molar-refractivity contribution is 6.44. The molecule has 0 spiro atoms. The van der Waals surface area contributed by atoms with Gasteiger partial charge < -0.3 is 19.5 Å². The van der Waals surface area contributed by atoms with Gasteiger partial charge in [0.05, 0.1) is 15.7 Å². The lowest BCUT2D eigenvalue weighted by atomic mass is 10.1. The fraction of sp³-hybridized carbons (Fsp3) is 0.0952. The van der Waals surface area contributed by atoms with Gasteiger partial charge in [-0.3, -0.25) is 4.79 Å². The monoisotopic (exact) mass is 458 g/mol. The summed E-state index contributed by atoms with van der Waals surface area (Å²) >= 11 is 12.2. The zero-order chi connectivity index (χ0) is 22.0. The molecule has 10 heteroatoms. The Morgan fingerprint density at radius 2 is 1.94 bits per heavy atom. The summed E-state index contributed by atoms with van der Waals surface area (Å²) in [5, 5.41) is 9.23. The van der Waals surface area contributed by atoms with Crippen LogP contribution in [-0.4, -0.2) is 21.1 Å². The molecular formula is C21H16Cl2N4O4. The lowest BCUT2D eigenvalue weighted by Crippen LogP contribution is -2.14. The Bertz CT molecular complexity index is 1290. The molecule has 0 radical (unpaired) electrons. The van der Waals surface area contributed by atoms with Crippen molar-refractivity contribution in [2.45, 2.75) is 13.5 Å². The number of nitrogens with one attached hydrogen (secondary N) is 3. The first-order valence-corrected chi connectivity index (χ1v) is 9.89. The minimum Gasteiger partial charge on any atom is -0.487 e. The number of hydrogen-bond acceptors (Lipinski definition) is 5. The van der Waals surface area contributed by atoms with Gasteiger partial charge in [0.1, 0.15) is 18.1 Å². The second kappa shape index (κ2) is 8.71. The number of anilines is 1. The largest absolute Gasteiger partial charge is 0.487 e. The van der Waals surface area contributed by atoms with Crippen LogP contribution in [0.15, 0.2) is 57.7 Å². The van der Waals surface area contributed by atoms with Gasteiger partial charge in [0.2, 0.25) is 5.89 Å². The quantitative estimate of drug-likeness (QED) is 0.383. The topological polar surface area (TPSA) is 113 Å². The van der Waals surface area contributed by atoms with Crippen LogP contribution < -0.4 is 15.8 Å². The van der Waals surface area contributed by atoms with Gasteiger partial charge in [-0.15, -0.1) is 5.10 Å². The molecule has 0 saturated carbocycles. The van der Waals surface area contributed by atoms with Crippen LogP contribution in [0, 0.1) is 6.92 Å². The van der Waals surface area contributed by atoms with E-state index in [1.165, 1.54) is 0 Å². The molecule has 1 amide bonds. The van der Waals surface area contributed by atoms with Crippen LogP contribution in [0.25, 0.3) is 11.5 Å². The number of carbonyl (C=O) groups excluding carboxylic acids is 1. The van der Waals surface area contributed by atoms with Crippen molar-refractivity contribution in [2.24, 2.45) is 0 Å². The molecule has 0 atom stereocenters. The number of benzene rings is 2. The SMILES string of the molecule is Cc1[nH]c(C(=O)Nc2ccc(-c3n[nH]c(=O)o3)cc2OCc2ccccc2)c(Cl)c1Cl. The van der Waals surface area contributed by atoms with Crippen molar-refractivity contribution in [1.82, 2.24) is 15.2 Å². The van der Waals surface area contributed by atoms with Crippen molar-refractivity contribution in [3.8, 4) is 17.2 Å². The maximum absolute atomic E-state index is 12.8. The zero-order valence-corrected chi connectivity index (χ0v) is 17.7. The third kappa shape index (κ3) is 4.50. The third-order valence-electron chi connectivity index (χ3n) is 4.43. The first-order chi connectivity index (χ1) is 14.9. The maximum atomic E-state index is 12.8. The summed E-state index contributed by atoms with van der Waals surface area (Å²) in [6, 6.07) is 14.4. The predicted octanol–water partition coefficient (Wildman–Crippen LogP) is 4.80. The highest BCUT2D eigenvalue weighted by atomic mass is 35.5. The highest BCUT2D eigenvalue weighted by Crippen LogP contribution is 2.33. The molecule has 0 aliphatic heterocycles. The average molecular weight is 459 g/mol. The van der Waals surface area contributed by atoms with Gasteiger partial charge in [0, 0.05) is 11.3 Å². The van der Waals surface area contributed by atoms with E-state index in [0.717, 1.165) is 5.56 Å². The number of rotatable bonds is 6. The minimum absolute atomic E-state index is 0.0993. The molecule has 4 rings (SSSR count). The molecule has 158 valence electrons. The van der Waals surface area contributed by atoms with E-state index in [-0.39, 0.29) is 28.2 Å². The molecule has 2 heterocycles. The van der Waals surface area contributed by atoms with Crippen molar-refractivity contribution in [3.05, 3.63) is 86.1 Å². The maximum Gasteiger partial charge on any atom is 0.434 e. The number of carbonyl (C=O) groups is 1. The summed E-state index contributed by atoms with van der Waals surface area (Å²) in [6.45, 7) is 1.97. The number of H-pyrrole nitrogens is 2. The standard InChI is InChI=1S/C21H16Cl2N4O4/c1-11-16(22)17(23)18(24-11)19(28)25-14-8-7-13(20-26-27-21(29)31-20)9-15(14)30-10-12-5-3-2-4-6-12/h2-9,24H,10H2,1H3,(H,25,28)(H,27,29). The van der Waals surface area contributed by atoms with Gasteiger partial charge in [-0.25, -0.2) is 9.89 Å². The number of ether oxygens (including phenoxy) is 1. The highest BCUT2D eigenvalue weighted by Gasteiger charge is 2.20. The molecule has 0 aliphatic rings. The summed E-state index contributed by atoms with van der Waals surface area (Å²) in [5.41, 5.74) is 2.55. The van der Waals surface area contributed by atoms with Crippen molar-refractivity contribution >= 4 is 34.8 Å². The van der Waals surface area contributed by atoms with Crippen LogP contribution in [0.1, 0.15) is 21.7 Å². The van der Waals surface area contributed by atoms with Crippen LogP contribution >= 0.6 is 23.2 Å². The summed E-state index contributed by atoms with van der Waals surface area (Å²) in [6.07, 6.45) is 0. The predicted molar refractivity (Wildman–Crippen MR) is 117 cm³/mol. The van der Waals surface area contributed by atoms with Crippen molar-refractivity contribution in [1.29, 1.82) is 0 Å². The number of hydrogen-bond donors (Lipinski definition) is 3. The fourth-order valence-electron chi connectivity index (χ4n) is 2.88. The molecule has 0 aliphatic carbocycles. The molecule has 0 fully saturated rings. The molecule has 3 N–H and O–H groups in total. The van der Waals surface area contributed by atoms with E-state index < -0.39 is 11.7 Å². The number of aromatic nitrogens is 3. The van der Waals surface area contributed by atoms with Gasteiger partial charge in [0.25, 0.3) is 5.91 Å². The number of nitrogens with zero attached hydrogens (tertiary/aromatic N) is 1. The Morgan fingerprint density at radius 3 is 2.58 bits per heavy atom. The third-order valence-corrected chi connectivity index (χ3v) is 5.38. The van der Waals surface area contributed by atoms with Gasteiger partial charge in [0.15, 0.2) is 0 Å². The molecule has 0 bridgehead atoms.